The number of hydrogen-bond acceptors (Lipinski definition) is 3. The maximum atomic E-state index is 12.5. The molecule has 1 aromatic heterocycles. The highest BCUT2D eigenvalue weighted by atomic mass is 32.1. The van der Waals surface area contributed by atoms with Crippen LogP contribution in [0.15, 0.2) is 29.8 Å². The third-order valence-electron chi connectivity index (χ3n) is 2.47. The minimum absolute atomic E-state index is 0.244. The Balaban J connectivity index is 2.30. The van der Waals surface area contributed by atoms with Crippen LogP contribution in [0.3, 0.4) is 0 Å². The summed E-state index contributed by atoms with van der Waals surface area (Å²) >= 11 is 1.44. The molecule has 1 heterocycles. The van der Waals surface area contributed by atoms with Crippen LogP contribution in [0.4, 0.5) is 18.2 Å². The topological polar surface area (TPSA) is 24.9 Å². The number of hydrogen-bond donors (Lipinski definition) is 1. The second-order valence-corrected chi connectivity index (χ2v) is 5.26. The van der Waals surface area contributed by atoms with Gasteiger partial charge >= 0.3 is 6.18 Å². The van der Waals surface area contributed by atoms with Crippen molar-refractivity contribution in [3.05, 3.63) is 35.3 Å². The van der Waals surface area contributed by atoms with Crippen LogP contribution in [0, 0.1) is 0 Å². The molecule has 2 nitrogen and oxygen atoms in total. The zero-order valence-corrected chi connectivity index (χ0v) is 11.3. The van der Waals surface area contributed by atoms with Gasteiger partial charge in [0.2, 0.25) is 0 Å². The summed E-state index contributed by atoms with van der Waals surface area (Å²) in [5.41, 5.74) is 2.40. The maximum Gasteiger partial charge on any atom is 0.416 e. The zero-order chi connectivity index (χ0) is 14.0. The Bertz CT molecular complexity index is 544. The lowest BCUT2D eigenvalue weighted by molar-refractivity contribution is -0.137. The average molecular weight is 286 g/mol. The monoisotopic (exact) mass is 286 g/mol. The molecule has 0 unspecified atom stereocenters. The number of nitrogens with zero attached hydrogens (tertiary/aromatic N) is 1. The Morgan fingerprint density at radius 1 is 1.16 bits per heavy atom. The fraction of sp³-hybridized carbons (Fsp3) is 0.308. The Hall–Kier alpha value is -1.56. The second kappa shape index (κ2) is 5.21. The molecule has 0 radical (unpaired) electrons. The van der Waals surface area contributed by atoms with Gasteiger partial charge in [-0.3, -0.25) is 0 Å². The van der Waals surface area contributed by atoms with Crippen molar-refractivity contribution in [2.24, 2.45) is 0 Å². The number of thiazole rings is 1. The lowest BCUT2D eigenvalue weighted by Crippen LogP contribution is -2.09. The van der Waals surface area contributed by atoms with Gasteiger partial charge in [-0.15, -0.1) is 11.3 Å². The van der Waals surface area contributed by atoms with E-state index in [1.54, 1.807) is 5.51 Å². The fourth-order valence-corrected chi connectivity index (χ4v) is 2.48. The highest BCUT2D eigenvalue weighted by Gasteiger charge is 2.30. The molecule has 0 saturated heterocycles. The number of alkyl halides is 3. The van der Waals surface area contributed by atoms with Gasteiger partial charge in [-0.05, 0) is 26.0 Å². The van der Waals surface area contributed by atoms with Gasteiger partial charge in [-0.2, -0.15) is 13.2 Å². The largest absolute Gasteiger partial charge is 0.416 e. The Labute approximate surface area is 113 Å². The van der Waals surface area contributed by atoms with Crippen LogP contribution < -0.4 is 5.32 Å². The first kappa shape index (κ1) is 13.9. The van der Waals surface area contributed by atoms with Crippen LogP contribution >= 0.6 is 11.3 Å². The van der Waals surface area contributed by atoms with Gasteiger partial charge < -0.3 is 5.32 Å². The van der Waals surface area contributed by atoms with Crippen molar-refractivity contribution in [2.75, 3.05) is 5.32 Å². The molecule has 0 aliphatic heterocycles. The summed E-state index contributed by atoms with van der Waals surface area (Å²) in [5.74, 6) is 0. The lowest BCUT2D eigenvalue weighted by atomic mass is 10.1. The summed E-state index contributed by atoms with van der Waals surface area (Å²) < 4.78 is 37.5. The van der Waals surface area contributed by atoms with E-state index in [0.717, 1.165) is 17.1 Å². The first-order valence-corrected chi connectivity index (χ1v) is 6.63. The summed E-state index contributed by atoms with van der Waals surface area (Å²) in [4.78, 5) is 4.21. The highest BCUT2D eigenvalue weighted by Crippen LogP contribution is 2.34. The molecular formula is C13H13F3N2S. The highest BCUT2D eigenvalue weighted by molar-refractivity contribution is 7.14. The molecule has 0 saturated carbocycles. The van der Waals surface area contributed by atoms with E-state index in [9.17, 15) is 13.2 Å². The van der Waals surface area contributed by atoms with Crippen molar-refractivity contribution in [1.29, 1.82) is 0 Å². The maximum absolute atomic E-state index is 12.5. The van der Waals surface area contributed by atoms with E-state index < -0.39 is 11.7 Å². The van der Waals surface area contributed by atoms with Gasteiger partial charge in [0.25, 0.3) is 0 Å². The van der Waals surface area contributed by atoms with Gasteiger partial charge in [0.05, 0.1) is 11.1 Å². The van der Waals surface area contributed by atoms with Crippen LogP contribution in [0.25, 0.3) is 11.3 Å². The Morgan fingerprint density at radius 2 is 1.79 bits per heavy atom. The first-order chi connectivity index (χ1) is 8.88. The normalized spacial score (nSPS) is 11.9. The molecule has 19 heavy (non-hydrogen) atoms. The van der Waals surface area contributed by atoms with Crippen LogP contribution in [0.1, 0.15) is 19.4 Å². The predicted molar refractivity (Wildman–Crippen MR) is 71.3 cm³/mol. The summed E-state index contributed by atoms with van der Waals surface area (Å²) in [7, 11) is 0. The third-order valence-corrected chi connectivity index (χ3v) is 3.23. The smallest absolute Gasteiger partial charge is 0.373 e. The molecule has 1 aromatic carbocycles. The zero-order valence-electron chi connectivity index (χ0n) is 10.5. The van der Waals surface area contributed by atoms with Crippen LogP contribution in [0.2, 0.25) is 0 Å². The fourth-order valence-electron chi connectivity index (χ4n) is 1.63. The molecule has 0 fully saturated rings. The van der Waals surface area contributed by atoms with Crippen molar-refractivity contribution in [3.63, 3.8) is 0 Å². The van der Waals surface area contributed by atoms with E-state index in [0.29, 0.717) is 11.3 Å². The van der Waals surface area contributed by atoms with E-state index in [-0.39, 0.29) is 6.04 Å². The number of benzene rings is 1. The SMILES string of the molecule is CC(C)Nc1scnc1-c1ccc(C(F)(F)F)cc1. The van der Waals surface area contributed by atoms with Crippen molar-refractivity contribution in [1.82, 2.24) is 4.98 Å². The molecule has 2 rings (SSSR count). The minimum atomic E-state index is -4.31. The van der Waals surface area contributed by atoms with E-state index in [4.69, 9.17) is 0 Å². The molecule has 102 valence electrons. The molecule has 0 bridgehead atoms. The van der Waals surface area contributed by atoms with E-state index >= 15 is 0 Å². The van der Waals surface area contributed by atoms with E-state index in [1.807, 2.05) is 13.8 Å². The molecule has 0 amide bonds. The molecule has 0 aliphatic carbocycles. The molecule has 0 spiro atoms. The summed E-state index contributed by atoms with van der Waals surface area (Å²) in [6.45, 7) is 3.99. The first-order valence-electron chi connectivity index (χ1n) is 5.75. The minimum Gasteiger partial charge on any atom is -0.373 e. The van der Waals surface area contributed by atoms with Gasteiger partial charge in [-0.1, -0.05) is 12.1 Å². The quantitative estimate of drug-likeness (QED) is 0.888. The van der Waals surface area contributed by atoms with Crippen LogP contribution in [0.5, 0.6) is 0 Å². The summed E-state index contributed by atoms with van der Waals surface area (Å²) in [5, 5.41) is 4.10. The lowest BCUT2D eigenvalue weighted by Gasteiger charge is -2.10. The standard InChI is InChI=1S/C13H13F3N2S/c1-8(2)18-12-11(17-7-19-12)9-3-5-10(6-4-9)13(14,15)16/h3-8,18H,1-2H3. The summed E-state index contributed by atoms with van der Waals surface area (Å²) in [6, 6.07) is 5.29. The molecule has 1 N–H and O–H groups in total. The van der Waals surface area contributed by atoms with E-state index in [1.165, 1.54) is 23.5 Å². The van der Waals surface area contributed by atoms with Gasteiger partial charge in [0, 0.05) is 11.6 Å². The van der Waals surface area contributed by atoms with E-state index in [2.05, 4.69) is 10.3 Å². The van der Waals surface area contributed by atoms with Gasteiger partial charge in [0.1, 0.15) is 10.7 Å². The van der Waals surface area contributed by atoms with Crippen molar-refractivity contribution in [2.45, 2.75) is 26.1 Å². The average Bonchev–Trinajstić information content (AvgIpc) is 2.75. The predicted octanol–water partition coefficient (Wildman–Crippen LogP) is 4.65. The van der Waals surface area contributed by atoms with Crippen molar-refractivity contribution < 1.29 is 13.2 Å². The van der Waals surface area contributed by atoms with Gasteiger partial charge in [0.15, 0.2) is 0 Å². The summed E-state index contributed by atoms with van der Waals surface area (Å²) in [6.07, 6.45) is -4.31. The van der Waals surface area contributed by atoms with Crippen LogP contribution in [-0.2, 0) is 6.18 Å². The number of nitrogens with one attached hydrogen (secondary N) is 1. The molecule has 6 heteroatoms. The number of rotatable bonds is 3. The number of halogens is 3. The second-order valence-electron chi connectivity index (χ2n) is 4.40. The van der Waals surface area contributed by atoms with Gasteiger partial charge in [-0.25, -0.2) is 4.98 Å². The number of aromatic nitrogens is 1. The molecule has 2 aromatic rings. The van der Waals surface area contributed by atoms with Crippen LogP contribution in [-0.4, -0.2) is 11.0 Å². The number of anilines is 1. The van der Waals surface area contributed by atoms with Crippen molar-refractivity contribution in [3.8, 4) is 11.3 Å². The molecular weight excluding hydrogens is 273 g/mol. The molecule has 0 aliphatic rings. The van der Waals surface area contributed by atoms with Crippen molar-refractivity contribution >= 4 is 16.3 Å². The Morgan fingerprint density at radius 3 is 2.32 bits per heavy atom. The third kappa shape index (κ3) is 3.26. The Kier molecular flexibility index (Phi) is 3.80. The molecule has 0 atom stereocenters.